The number of alkyl halides is 1. The zero-order valence-electron chi connectivity index (χ0n) is 7.57. The number of halogens is 1. The second-order valence-electron chi connectivity index (χ2n) is 3.13. The molecule has 5 heteroatoms. The Labute approximate surface area is 75.6 Å². The Balaban J connectivity index is 2.51. The topological polar surface area (TPSA) is 55.8 Å². The summed E-state index contributed by atoms with van der Waals surface area (Å²) >= 11 is 0. The summed E-state index contributed by atoms with van der Waals surface area (Å²) < 4.78 is 22.5. The lowest BCUT2D eigenvalue weighted by molar-refractivity contribution is -0.231. The smallest absolute Gasteiger partial charge is 0.302 e. The van der Waals surface area contributed by atoms with Crippen molar-refractivity contribution in [3.63, 3.8) is 0 Å². The molecule has 76 valence electrons. The van der Waals surface area contributed by atoms with Crippen LogP contribution in [0.5, 0.6) is 0 Å². The fourth-order valence-electron chi connectivity index (χ4n) is 1.28. The molecule has 4 nitrogen and oxygen atoms in total. The van der Waals surface area contributed by atoms with Crippen LogP contribution in [0.4, 0.5) is 4.39 Å². The SMILES string of the molecule is CC(=O)OC1C[C@@H](F)C(O)O[C@H]1C. The molecule has 0 spiro atoms. The van der Waals surface area contributed by atoms with Gasteiger partial charge in [0, 0.05) is 13.3 Å². The molecular formula is C8H13FO4. The van der Waals surface area contributed by atoms with E-state index in [9.17, 15) is 9.18 Å². The van der Waals surface area contributed by atoms with E-state index in [1.54, 1.807) is 6.92 Å². The van der Waals surface area contributed by atoms with Crippen molar-refractivity contribution < 1.29 is 23.8 Å². The predicted octanol–water partition coefficient (Wildman–Crippen LogP) is 0.383. The number of esters is 1. The van der Waals surface area contributed by atoms with Gasteiger partial charge < -0.3 is 14.6 Å². The Hall–Kier alpha value is -0.680. The number of aliphatic hydroxyl groups excluding tert-OH is 1. The van der Waals surface area contributed by atoms with Gasteiger partial charge in [-0.3, -0.25) is 4.79 Å². The molecule has 1 N–H and O–H groups in total. The van der Waals surface area contributed by atoms with Gasteiger partial charge in [-0.25, -0.2) is 4.39 Å². The fourth-order valence-corrected chi connectivity index (χ4v) is 1.28. The Bertz CT molecular complexity index is 197. The minimum absolute atomic E-state index is 0.0120. The Morgan fingerprint density at radius 1 is 1.69 bits per heavy atom. The summed E-state index contributed by atoms with van der Waals surface area (Å²) in [5.74, 6) is -0.468. The van der Waals surface area contributed by atoms with E-state index in [0.29, 0.717) is 0 Å². The van der Waals surface area contributed by atoms with Gasteiger partial charge in [-0.15, -0.1) is 0 Å². The van der Waals surface area contributed by atoms with Gasteiger partial charge in [0.05, 0.1) is 6.10 Å². The van der Waals surface area contributed by atoms with Crippen molar-refractivity contribution in [2.75, 3.05) is 0 Å². The Kier molecular flexibility index (Phi) is 3.22. The van der Waals surface area contributed by atoms with Gasteiger partial charge >= 0.3 is 5.97 Å². The standard InChI is InChI=1S/C8H13FO4/c1-4-7(13-5(2)10)3-6(9)8(11)12-4/h4,6-8,11H,3H2,1-2H3/t4-,6+,7?,8?/m0/s1. The first-order chi connectivity index (χ1) is 6.00. The molecule has 0 aromatic rings. The molecule has 1 aliphatic heterocycles. The molecule has 0 radical (unpaired) electrons. The van der Waals surface area contributed by atoms with Crippen LogP contribution in [-0.4, -0.2) is 35.7 Å². The molecule has 0 aromatic carbocycles. The van der Waals surface area contributed by atoms with Crippen LogP contribution >= 0.6 is 0 Å². The van der Waals surface area contributed by atoms with Crippen molar-refractivity contribution in [2.24, 2.45) is 0 Å². The van der Waals surface area contributed by atoms with E-state index >= 15 is 0 Å². The van der Waals surface area contributed by atoms with Gasteiger partial charge in [0.15, 0.2) is 12.5 Å². The molecule has 0 saturated carbocycles. The van der Waals surface area contributed by atoms with Gasteiger partial charge in [0.25, 0.3) is 0 Å². The molecule has 13 heavy (non-hydrogen) atoms. The second kappa shape index (κ2) is 4.02. The number of carbonyl (C=O) groups excluding carboxylic acids is 1. The maximum Gasteiger partial charge on any atom is 0.302 e. The van der Waals surface area contributed by atoms with Crippen molar-refractivity contribution in [1.82, 2.24) is 0 Å². The van der Waals surface area contributed by atoms with Crippen molar-refractivity contribution in [2.45, 2.75) is 44.9 Å². The zero-order chi connectivity index (χ0) is 10.0. The summed E-state index contributed by atoms with van der Waals surface area (Å²) in [4.78, 5) is 10.6. The first-order valence-electron chi connectivity index (χ1n) is 4.15. The number of rotatable bonds is 1. The highest BCUT2D eigenvalue weighted by molar-refractivity contribution is 5.66. The minimum Gasteiger partial charge on any atom is -0.460 e. The van der Waals surface area contributed by atoms with Gasteiger partial charge in [-0.2, -0.15) is 0 Å². The number of ether oxygens (including phenoxy) is 2. The minimum atomic E-state index is -1.49. The summed E-state index contributed by atoms with van der Waals surface area (Å²) in [7, 11) is 0. The summed E-state index contributed by atoms with van der Waals surface area (Å²) in [6.45, 7) is 2.88. The van der Waals surface area contributed by atoms with E-state index in [-0.39, 0.29) is 6.42 Å². The highest BCUT2D eigenvalue weighted by Gasteiger charge is 2.36. The van der Waals surface area contributed by atoms with Gasteiger partial charge in [0.2, 0.25) is 0 Å². The number of hydrogen-bond acceptors (Lipinski definition) is 4. The second-order valence-corrected chi connectivity index (χ2v) is 3.13. The van der Waals surface area contributed by atoms with E-state index in [1.807, 2.05) is 0 Å². The van der Waals surface area contributed by atoms with Crippen LogP contribution in [-0.2, 0) is 14.3 Å². The quantitative estimate of drug-likeness (QED) is 0.610. The monoisotopic (exact) mass is 192 g/mol. The molecule has 1 saturated heterocycles. The molecule has 1 heterocycles. The Morgan fingerprint density at radius 3 is 2.85 bits per heavy atom. The first kappa shape index (κ1) is 10.4. The third kappa shape index (κ3) is 2.63. The van der Waals surface area contributed by atoms with Crippen molar-refractivity contribution >= 4 is 5.97 Å². The molecule has 0 aliphatic carbocycles. The Morgan fingerprint density at radius 2 is 2.31 bits per heavy atom. The van der Waals surface area contributed by atoms with Crippen molar-refractivity contribution in [3.05, 3.63) is 0 Å². The molecule has 0 aromatic heterocycles. The van der Waals surface area contributed by atoms with Crippen LogP contribution in [0.3, 0.4) is 0 Å². The highest BCUT2D eigenvalue weighted by Crippen LogP contribution is 2.23. The van der Waals surface area contributed by atoms with Crippen molar-refractivity contribution in [3.8, 4) is 0 Å². The molecule has 1 aliphatic rings. The van der Waals surface area contributed by atoms with E-state index in [4.69, 9.17) is 14.6 Å². The molecular weight excluding hydrogens is 179 g/mol. The summed E-state index contributed by atoms with van der Waals surface area (Å²) in [6.07, 6.45) is -3.97. The van der Waals surface area contributed by atoms with Crippen LogP contribution in [0.25, 0.3) is 0 Å². The average Bonchev–Trinajstić information content (AvgIpc) is 1.99. The largest absolute Gasteiger partial charge is 0.460 e. The zero-order valence-corrected chi connectivity index (χ0v) is 7.57. The van der Waals surface area contributed by atoms with Gasteiger partial charge in [0.1, 0.15) is 6.10 Å². The lowest BCUT2D eigenvalue weighted by Gasteiger charge is -2.33. The number of hydrogen-bond donors (Lipinski definition) is 1. The summed E-state index contributed by atoms with van der Waals surface area (Å²) in [5.41, 5.74) is 0. The van der Waals surface area contributed by atoms with E-state index in [2.05, 4.69) is 0 Å². The molecule has 1 fully saturated rings. The average molecular weight is 192 g/mol. The maximum absolute atomic E-state index is 12.9. The third-order valence-corrected chi connectivity index (χ3v) is 1.96. The summed E-state index contributed by atoms with van der Waals surface area (Å²) in [6, 6.07) is 0. The van der Waals surface area contributed by atoms with Crippen LogP contribution in [0.15, 0.2) is 0 Å². The molecule has 2 unspecified atom stereocenters. The van der Waals surface area contributed by atoms with Crippen molar-refractivity contribution in [1.29, 1.82) is 0 Å². The van der Waals surface area contributed by atoms with E-state index in [0.717, 1.165) is 0 Å². The van der Waals surface area contributed by atoms with E-state index < -0.39 is 30.6 Å². The van der Waals surface area contributed by atoms with Crippen LogP contribution in [0, 0.1) is 0 Å². The van der Waals surface area contributed by atoms with Crippen LogP contribution < -0.4 is 0 Å². The molecule has 1 rings (SSSR count). The third-order valence-electron chi connectivity index (χ3n) is 1.96. The lowest BCUT2D eigenvalue weighted by Crippen LogP contribution is -2.45. The van der Waals surface area contributed by atoms with Gasteiger partial charge in [-0.05, 0) is 6.92 Å². The maximum atomic E-state index is 12.9. The normalized spacial score (nSPS) is 40.0. The van der Waals surface area contributed by atoms with E-state index in [1.165, 1.54) is 6.92 Å². The number of carbonyl (C=O) groups is 1. The fraction of sp³-hybridized carbons (Fsp3) is 0.875. The highest BCUT2D eigenvalue weighted by atomic mass is 19.1. The predicted molar refractivity (Wildman–Crippen MR) is 41.6 cm³/mol. The van der Waals surface area contributed by atoms with Gasteiger partial charge in [-0.1, -0.05) is 0 Å². The molecule has 0 bridgehead atoms. The van der Waals surface area contributed by atoms with Crippen LogP contribution in [0.2, 0.25) is 0 Å². The molecule has 4 atom stereocenters. The first-order valence-corrected chi connectivity index (χ1v) is 4.15. The summed E-state index contributed by atoms with van der Waals surface area (Å²) in [5, 5.41) is 8.96. The lowest BCUT2D eigenvalue weighted by atomic mass is 10.0. The van der Waals surface area contributed by atoms with Crippen LogP contribution in [0.1, 0.15) is 20.3 Å². The number of aliphatic hydroxyl groups is 1. The molecule has 0 amide bonds.